The van der Waals surface area contributed by atoms with Crippen LogP contribution in [0.5, 0.6) is 0 Å². The maximum atomic E-state index is 9.26. The van der Waals surface area contributed by atoms with Gasteiger partial charge in [-0.25, -0.2) is 0 Å². The first-order valence-electron chi connectivity index (χ1n) is 3.27. The Balaban J connectivity index is 2.79. The van der Waals surface area contributed by atoms with Gasteiger partial charge in [-0.2, -0.15) is 9.83 Å². The fourth-order valence-electron chi connectivity index (χ4n) is 1.08. The Morgan fingerprint density at radius 1 is 1.55 bits per heavy atom. The Labute approximate surface area is 63.4 Å². The third kappa shape index (κ3) is 0.832. The average molecular weight is 149 g/mol. The number of aryl methyl sites for hydroxylation is 1. The van der Waals surface area contributed by atoms with E-state index < -0.39 is 0 Å². The predicted octanol–water partition coefficient (Wildman–Crippen LogP) is 0.929. The summed E-state index contributed by atoms with van der Waals surface area (Å²) in [4.78, 5) is 0. The van der Waals surface area contributed by atoms with Crippen molar-refractivity contribution in [3.63, 3.8) is 0 Å². The minimum atomic E-state index is 0.496. The van der Waals surface area contributed by atoms with Gasteiger partial charge in [0.25, 0.3) is 0 Å². The van der Waals surface area contributed by atoms with Gasteiger partial charge in [-0.05, 0) is 18.6 Å². The van der Waals surface area contributed by atoms with Crippen molar-refractivity contribution in [1.29, 1.82) is 0 Å². The highest BCUT2D eigenvalue weighted by Crippen LogP contribution is 2.17. The van der Waals surface area contributed by atoms with Crippen molar-refractivity contribution >= 4 is 0 Å². The quantitative estimate of drug-likeness (QED) is 0.567. The Hall–Kier alpha value is -1.58. The summed E-state index contributed by atoms with van der Waals surface area (Å²) in [5.41, 5.74) is 1.84. The molecule has 11 heavy (non-hydrogen) atoms. The van der Waals surface area contributed by atoms with E-state index in [0.29, 0.717) is 5.82 Å². The van der Waals surface area contributed by atoms with Gasteiger partial charge in [0.1, 0.15) is 0 Å². The highest BCUT2D eigenvalue weighted by Gasteiger charge is 2.08. The van der Waals surface area contributed by atoms with Crippen molar-refractivity contribution in [3.8, 4) is 11.4 Å². The van der Waals surface area contributed by atoms with E-state index in [0.717, 1.165) is 15.9 Å². The second-order valence-corrected chi connectivity index (χ2v) is 2.49. The number of pyridine rings is 1. The fraction of sp³-hybridized carbons (Fsp3) is 0.143. The molecule has 0 aromatic rings. The smallest absolute Gasteiger partial charge is 0.198 e. The molecule has 0 aromatic heterocycles. The van der Waals surface area contributed by atoms with Crippen molar-refractivity contribution in [3.05, 3.63) is 24.0 Å². The first-order chi connectivity index (χ1) is 5.27. The van der Waals surface area contributed by atoms with Gasteiger partial charge < -0.3 is 5.21 Å². The van der Waals surface area contributed by atoms with Crippen LogP contribution in [0.3, 0.4) is 0 Å². The van der Waals surface area contributed by atoms with Gasteiger partial charge in [0.05, 0.1) is 6.20 Å². The number of nitrogens with zero attached hydrogens (tertiary/aromatic N) is 3. The van der Waals surface area contributed by atoms with Gasteiger partial charge in [-0.1, -0.05) is 0 Å². The molecule has 0 radical (unpaired) electrons. The lowest BCUT2D eigenvalue weighted by Crippen LogP contribution is -1.98. The molecule has 56 valence electrons. The van der Waals surface area contributed by atoms with E-state index in [9.17, 15) is 5.21 Å². The average Bonchev–Trinajstić information content (AvgIpc) is 2.34. The first-order valence-corrected chi connectivity index (χ1v) is 3.27. The molecule has 0 spiro atoms. The monoisotopic (exact) mass is 149 g/mol. The second kappa shape index (κ2) is 1.95. The Kier molecular flexibility index (Phi) is 1.09. The summed E-state index contributed by atoms with van der Waals surface area (Å²) in [7, 11) is 0. The van der Waals surface area contributed by atoms with E-state index in [4.69, 9.17) is 0 Å². The number of fused-ring (bicyclic) bond motifs is 1. The Morgan fingerprint density at radius 3 is 3.18 bits per heavy atom. The van der Waals surface area contributed by atoms with E-state index in [1.54, 1.807) is 12.4 Å². The van der Waals surface area contributed by atoms with Gasteiger partial charge >= 0.3 is 0 Å². The molecule has 0 saturated heterocycles. The molecule has 0 unspecified atom stereocenters. The molecule has 0 saturated carbocycles. The first kappa shape index (κ1) is 6.15. The van der Waals surface area contributed by atoms with Crippen LogP contribution in [-0.2, 0) is 0 Å². The van der Waals surface area contributed by atoms with E-state index in [-0.39, 0.29) is 0 Å². The van der Waals surface area contributed by atoms with Gasteiger partial charge in [0.15, 0.2) is 5.82 Å². The van der Waals surface area contributed by atoms with Crippen LogP contribution in [0.4, 0.5) is 0 Å². The third-order valence-corrected chi connectivity index (χ3v) is 1.53. The molecule has 2 aliphatic rings. The maximum Gasteiger partial charge on any atom is 0.198 e. The van der Waals surface area contributed by atoms with E-state index in [2.05, 4.69) is 10.2 Å². The molecule has 4 heteroatoms. The third-order valence-electron chi connectivity index (χ3n) is 1.53. The van der Waals surface area contributed by atoms with E-state index in [1.165, 1.54) is 0 Å². The van der Waals surface area contributed by atoms with E-state index in [1.807, 2.05) is 13.0 Å². The zero-order valence-corrected chi connectivity index (χ0v) is 6.02. The minimum Gasteiger partial charge on any atom is -0.427 e. The summed E-state index contributed by atoms with van der Waals surface area (Å²) >= 11 is 0. The molecule has 0 amide bonds. The molecule has 2 aliphatic heterocycles. The van der Waals surface area contributed by atoms with Crippen molar-refractivity contribution in [2.75, 3.05) is 0 Å². The van der Waals surface area contributed by atoms with Crippen molar-refractivity contribution in [2.24, 2.45) is 0 Å². The summed E-state index contributed by atoms with van der Waals surface area (Å²) in [6.07, 6.45) is 3.21. The van der Waals surface area contributed by atoms with Crippen LogP contribution in [0.1, 0.15) is 5.56 Å². The van der Waals surface area contributed by atoms with Gasteiger partial charge in [0.2, 0.25) is 0 Å². The number of hydrogen-bond donors (Lipinski definition) is 1. The maximum absolute atomic E-state index is 9.26. The van der Waals surface area contributed by atoms with Crippen LogP contribution in [0.2, 0.25) is 0 Å². The number of aromatic nitrogens is 3. The standard InChI is InChI=1S/C7H7N3O/c1-5-2-6-3-8-9-7(6)10(11)4-5/h2-4,11H,1H3. The molecular weight excluding hydrogens is 142 g/mol. The molecule has 1 N–H and O–H groups in total. The molecule has 0 bridgehead atoms. The second-order valence-electron chi connectivity index (χ2n) is 2.49. The highest BCUT2D eigenvalue weighted by atomic mass is 16.5. The zero-order valence-electron chi connectivity index (χ0n) is 6.02. The van der Waals surface area contributed by atoms with Crippen molar-refractivity contribution in [2.45, 2.75) is 6.92 Å². The van der Waals surface area contributed by atoms with Gasteiger partial charge in [-0.3, -0.25) is 0 Å². The topological polar surface area (TPSA) is 50.9 Å². The fourth-order valence-corrected chi connectivity index (χ4v) is 1.08. The molecular formula is C7H7N3O. The van der Waals surface area contributed by atoms with Gasteiger partial charge in [-0.15, -0.1) is 5.10 Å². The molecule has 0 aliphatic carbocycles. The number of hydrogen-bond acceptors (Lipinski definition) is 3. The minimum absolute atomic E-state index is 0.496. The lowest BCUT2D eigenvalue weighted by Gasteiger charge is -2.03. The van der Waals surface area contributed by atoms with Crippen LogP contribution < -0.4 is 0 Å². The predicted molar refractivity (Wildman–Crippen MR) is 38.6 cm³/mol. The lowest BCUT2D eigenvalue weighted by atomic mass is 10.2. The van der Waals surface area contributed by atoms with Crippen LogP contribution in [0.15, 0.2) is 18.5 Å². The molecule has 0 atom stereocenters. The Morgan fingerprint density at radius 2 is 2.36 bits per heavy atom. The van der Waals surface area contributed by atoms with E-state index >= 15 is 0 Å². The largest absolute Gasteiger partial charge is 0.427 e. The normalized spacial score (nSPS) is 10.6. The SMILES string of the molecule is Cc1cc2cnnc-2n(O)c1. The summed E-state index contributed by atoms with van der Waals surface area (Å²) in [6.45, 7) is 1.90. The van der Waals surface area contributed by atoms with Crippen molar-refractivity contribution < 1.29 is 5.21 Å². The van der Waals surface area contributed by atoms with Crippen LogP contribution in [0, 0.1) is 6.92 Å². The molecule has 0 aromatic carbocycles. The molecule has 2 rings (SSSR count). The lowest BCUT2D eigenvalue weighted by molar-refractivity contribution is 0.186. The summed E-state index contributed by atoms with van der Waals surface area (Å²) in [5.74, 6) is 0.496. The molecule has 2 heterocycles. The van der Waals surface area contributed by atoms with Crippen molar-refractivity contribution in [1.82, 2.24) is 14.9 Å². The molecule has 4 nitrogen and oxygen atoms in total. The summed E-state index contributed by atoms with van der Waals surface area (Å²) in [6, 6.07) is 1.92. The summed E-state index contributed by atoms with van der Waals surface area (Å²) < 4.78 is 0.984. The highest BCUT2D eigenvalue weighted by molar-refractivity contribution is 5.55. The zero-order chi connectivity index (χ0) is 7.84. The molecule has 0 fully saturated rings. The van der Waals surface area contributed by atoms with Gasteiger partial charge in [0, 0.05) is 11.8 Å². The summed E-state index contributed by atoms with van der Waals surface area (Å²) in [5, 5.41) is 16.6. The van der Waals surface area contributed by atoms with Crippen LogP contribution >= 0.6 is 0 Å². The number of rotatable bonds is 0. The van der Waals surface area contributed by atoms with Crippen LogP contribution in [0.25, 0.3) is 11.4 Å². The van der Waals surface area contributed by atoms with Crippen LogP contribution in [-0.4, -0.2) is 20.1 Å². The Bertz CT molecular complexity index is 355.